The van der Waals surface area contributed by atoms with Gasteiger partial charge in [-0.2, -0.15) is 0 Å². The third kappa shape index (κ3) is 7.02. The van der Waals surface area contributed by atoms with Crippen LogP contribution < -0.4 is 4.74 Å². The van der Waals surface area contributed by atoms with Gasteiger partial charge in [0.05, 0.1) is 6.61 Å². The standard InChI is InChI=1S/C39H40N2O4/c42-28-11-29-44-35-23-21-34(22-24-35)37-40-39(38(43)41-26-8-3-9-27-41,25-10-14-30-12-4-1-5-13-30)36(45-37)33-19-17-32(18-20-33)31-15-6-2-7-16-31/h1-2,4-7,10,12-24,36,42H,3,8-9,11,25-29H2/b14-10+/t36-,39-/m1/s1. The summed E-state index contributed by atoms with van der Waals surface area (Å²) in [5.41, 5.74) is 3.85. The maximum atomic E-state index is 14.7. The Morgan fingerprint density at radius 1 is 0.844 bits per heavy atom. The molecule has 4 aromatic carbocycles. The van der Waals surface area contributed by atoms with Gasteiger partial charge in [-0.3, -0.25) is 4.79 Å². The van der Waals surface area contributed by atoms with Gasteiger partial charge >= 0.3 is 0 Å². The molecule has 0 saturated carbocycles. The molecular weight excluding hydrogens is 560 g/mol. The highest BCUT2D eigenvalue weighted by Crippen LogP contribution is 2.44. The van der Waals surface area contributed by atoms with Crippen LogP contribution in [0.15, 0.2) is 120 Å². The average Bonchev–Trinajstić information content (AvgIpc) is 3.50. The Morgan fingerprint density at radius 3 is 2.18 bits per heavy atom. The SMILES string of the molecule is O=C(N1CCCCC1)[C@]1(C/C=C/c2ccccc2)N=C(c2ccc(OCCCO)cc2)O[C@@H]1c1ccc(-c2ccccc2)cc1. The molecular formula is C39H40N2O4. The zero-order valence-electron chi connectivity index (χ0n) is 25.6. The van der Waals surface area contributed by atoms with Gasteiger partial charge in [0.25, 0.3) is 5.91 Å². The molecule has 45 heavy (non-hydrogen) atoms. The molecule has 6 heteroatoms. The van der Waals surface area contributed by atoms with Crippen molar-refractivity contribution in [2.45, 2.75) is 43.7 Å². The fraction of sp³-hybridized carbons (Fsp3) is 0.282. The minimum absolute atomic E-state index is 0.0102. The lowest BCUT2D eigenvalue weighted by atomic mass is 9.83. The summed E-state index contributed by atoms with van der Waals surface area (Å²) >= 11 is 0. The first kappa shape index (κ1) is 30.4. The second-order valence-corrected chi connectivity index (χ2v) is 11.6. The summed E-state index contributed by atoms with van der Waals surface area (Å²) in [5.74, 6) is 1.17. The number of likely N-dealkylation sites (tertiary alicyclic amines) is 1. The first-order valence-electron chi connectivity index (χ1n) is 15.9. The summed E-state index contributed by atoms with van der Waals surface area (Å²) in [5, 5.41) is 9.09. The molecule has 2 aliphatic rings. The Kier molecular flexibility index (Phi) is 9.71. The van der Waals surface area contributed by atoms with Gasteiger partial charge in [0, 0.05) is 38.1 Å². The average molecular weight is 601 g/mol. The number of aliphatic hydroxyl groups is 1. The van der Waals surface area contributed by atoms with Crippen molar-refractivity contribution in [1.82, 2.24) is 4.90 Å². The van der Waals surface area contributed by atoms with Crippen LogP contribution in [0.4, 0.5) is 0 Å². The van der Waals surface area contributed by atoms with Crippen LogP contribution in [0.3, 0.4) is 0 Å². The zero-order chi connectivity index (χ0) is 30.9. The van der Waals surface area contributed by atoms with Crippen molar-refractivity contribution in [1.29, 1.82) is 0 Å². The summed E-state index contributed by atoms with van der Waals surface area (Å²) in [6.07, 6.45) is 7.61. The number of hydrogen-bond acceptors (Lipinski definition) is 5. The van der Waals surface area contributed by atoms with Crippen LogP contribution in [0.25, 0.3) is 17.2 Å². The lowest BCUT2D eigenvalue weighted by Crippen LogP contribution is -2.51. The van der Waals surface area contributed by atoms with E-state index in [0.29, 0.717) is 31.1 Å². The summed E-state index contributed by atoms with van der Waals surface area (Å²) in [6, 6.07) is 36.3. The van der Waals surface area contributed by atoms with E-state index in [1.54, 1.807) is 0 Å². The number of rotatable bonds is 11. The molecule has 1 fully saturated rings. The van der Waals surface area contributed by atoms with Gasteiger partial charge in [0.15, 0.2) is 11.6 Å². The Balaban J connectivity index is 1.39. The van der Waals surface area contributed by atoms with Crippen LogP contribution >= 0.6 is 0 Å². The van der Waals surface area contributed by atoms with E-state index in [9.17, 15) is 4.79 Å². The van der Waals surface area contributed by atoms with Crippen molar-refractivity contribution < 1.29 is 19.4 Å². The molecule has 230 valence electrons. The number of amides is 1. The second kappa shape index (κ2) is 14.4. The van der Waals surface area contributed by atoms with Crippen LogP contribution in [0, 0.1) is 0 Å². The van der Waals surface area contributed by atoms with Gasteiger partial charge in [-0.25, -0.2) is 4.99 Å². The fourth-order valence-corrected chi connectivity index (χ4v) is 6.09. The summed E-state index contributed by atoms with van der Waals surface area (Å²) in [7, 11) is 0. The van der Waals surface area contributed by atoms with Crippen molar-refractivity contribution in [3.63, 3.8) is 0 Å². The first-order chi connectivity index (χ1) is 22.2. The van der Waals surface area contributed by atoms with Crippen molar-refractivity contribution in [3.05, 3.63) is 132 Å². The number of aliphatic hydroxyl groups excluding tert-OH is 1. The van der Waals surface area contributed by atoms with E-state index in [2.05, 4.69) is 60.7 Å². The highest BCUT2D eigenvalue weighted by molar-refractivity contribution is 6.01. The lowest BCUT2D eigenvalue weighted by molar-refractivity contribution is -0.140. The molecule has 1 N–H and O–H groups in total. The molecule has 6 rings (SSSR count). The quantitative estimate of drug-likeness (QED) is 0.181. The molecule has 0 radical (unpaired) electrons. The monoisotopic (exact) mass is 600 g/mol. The molecule has 0 unspecified atom stereocenters. The molecule has 0 spiro atoms. The molecule has 1 amide bonds. The minimum Gasteiger partial charge on any atom is -0.494 e. The number of benzene rings is 4. The smallest absolute Gasteiger partial charge is 0.255 e. The molecule has 6 nitrogen and oxygen atoms in total. The van der Waals surface area contributed by atoms with Crippen molar-refractivity contribution in [2.24, 2.45) is 4.99 Å². The third-order valence-electron chi connectivity index (χ3n) is 8.51. The van der Waals surface area contributed by atoms with Crippen molar-refractivity contribution in [3.8, 4) is 16.9 Å². The van der Waals surface area contributed by atoms with E-state index in [4.69, 9.17) is 19.6 Å². The zero-order valence-corrected chi connectivity index (χ0v) is 25.6. The summed E-state index contributed by atoms with van der Waals surface area (Å²) in [4.78, 5) is 21.9. The first-order valence-corrected chi connectivity index (χ1v) is 15.9. The van der Waals surface area contributed by atoms with Crippen molar-refractivity contribution in [2.75, 3.05) is 26.3 Å². The number of carbonyl (C=O) groups excluding carboxylic acids is 1. The number of piperidine rings is 1. The summed E-state index contributed by atoms with van der Waals surface area (Å²) < 4.78 is 12.5. The Bertz CT molecular complexity index is 1590. The van der Waals surface area contributed by atoms with E-state index >= 15 is 0 Å². The largest absolute Gasteiger partial charge is 0.494 e. The number of ether oxygens (including phenoxy) is 2. The molecule has 0 aromatic heterocycles. The summed E-state index contributed by atoms with van der Waals surface area (Å²) in [6.45, 7) is 1.98. The van der Waals surface area contributed by atoms with Gasteiger partial charge in [0.2, 0.25) is 5.90 Å². The van der Waals surface area contributed by atoms with Gasteiger partial charge < -0.3 is 19.5 Å². The maximum absolute atomic E-state index is 14.7. The van der Waals surface area contributed by atoms with Gasteiger partial charge in [-0.1, -0.05) is 97.1 Å². The molecule has 2 atom stereocenters. The minimum atomic E-state index is -1.16. The Hall–Kier alpha value is -4.68. The van der Waals surface area contributed by atoms with Crippen molar-refractivity contribution >= 4 is 17.9 Å². The molecule has 2 aliphatic heterocycles. The van der Waals surface area contributed by atoms with Crippen LogP contribution in [-0.4, -0.2) is 53.7 Å². The Labute approximate surface area is 265 Å². The second-order valence-electron chi connectivity index (χ2n) is 11.6. The van der Waals surface area contributed by atoms with E-state index in [1.807, 2.05) is 65.6 Å². The van der Waals surface area contributed by atoms with Crippen LogP contribution in [0.2, 0.25) is 0 Å². The molecule has 2 heterocycles. The highest BCUT2D eigenvalue weighted by Gasteiger charge is 2.54. The van der Waals surface area contributed by atoms with Gasteiger partial charge in [0.1, 0.15) is 5.75 Å². The number of aliphatic imine (C=N–C) groups is 1. The maximum Gasteiger partial charge on any atom is 0.255 e. The van der Waals surface area contributed by atoms with Gasteiger partial charge in [-0.15, -0.1) is 0 Å². The van der Waals surface area contributed by atoms with E-state index in [1.165, 1.54) is 0 Å². The van der Waals surface area contributed by atoms with Crippen LogP contribution in [0.1, 0.15) is 54.9 Å². The van der Waals surface area contributed by atoms with Crippen LogP contribution in [0.5, 0.6) is 5.75 Å². The van der Waals surface area contributed by atoms with E-state index in [-0.39, 0.29) is 12.5 Å². The predicted molar refractivity (Wildman–Crippen MR) is 179 cm³/mol. The third-order valence-corrected chi connectivity index (χ3v) is 8.51. The molecule has 1 saturated heterocycles. The predicted octanol–water partition coefficient (Wildman–Crippen LogP) is 7.49. The Morgan fingerprint density at radius 2 is 1.49 bits per heavy atom. The lowest BCUT2D eigenvalue weighted by Gasteiger charge is -2.36. The number of hydrogen-bond donors (Lipinski definition) is 1. The van der Waals surface area contributed by atoms with Crippen LogP contribution in [-0.2, 0) is 9.53 Å². The van der Waals surface area contributed by atoms with E-state index in [0.717, 1.165) is 60.2 Å². The normalized spacial score (nSPS) is 19.7. The topological polar surface area (TPSA) is 71.4 Å². The molecule has 4 aromatic rings. The fourth-order valence-electron chi connectivity index (χ4n) is 6.09. The highest BCUT2D eigenvalue weighted by atomic mass is 16.5. The van der Waals surface area contributed by atoms with Gasteiger partial charge in [-0.05, 0) is 65.8 Å². The van der Waals surface area contributed by atoms with E-state index < -0.39 is 11.6 Å². The molecule has 0 bridgehead atoms. The number of carbonyl (C=O) groups is 1. The number of nitrogens with zero attached hydrogens (tertiary/aromatic N) is 2. The molecule has 0 aliphatic carbocycles.